The molecule has 19 heavy (non-hydrogen) atoms. The van der Waals surface area contributed by atoms with Crippen LogP contribution in [0.25, 0.3) is 0 Å². The van der Waals surface area contributed by atoms with Gasteiger partial charge < -0.3 is 14.9 Å². The van der Waals surface area contributed by atoms with E-state index in [1.165, 1.54) is 0 Å². The monoisotopic (exact) mass is 263 g/mol. The second kappa shape index (κ2) is 5.17. The van der Waals surface area contributed by atoms with Gasteiger partial charge in [0.1, 0.15) is 11.4 Å². The minimum atomic E-state index is -0.913. The van der Waals surface area contributed by atoms with Crippen LogP contribution in [0.2, 0.25) is 0 Å². The van der Waals surface area contributed by atoms with Crippen LogP contribution in [0.4, 0.5) is 5.82 Å². The van der Waals surface area contributed by atoms with Crippen molar-refractivity contribution in [3.05, 3.63) is 23.4 Å². The highest BCUT2D eigenvalue weighted by atomic mass is 16.4. The third-order valence-corrected chi connectivity index (χ3v) is 3.78. The number of aryl methyl sites for hydroxylation is 1. The van der Waals surface area contributed by atoms with Gasteiger partial charge in [-0.2, -0.15) is 0 Å². The van der Waals surface area contributed by atoms with Crippen LogP contribution in [0.5, 0.6) is 0 Å². The molecule has 0 aliphatic carbocycles. The molecule has 2 atom stereocenters. The van der Waals surface area contributed by atoms with Crippen LogP contribution in [0.3, 0.4) is 0 Å². The van der Waals surface area contributed by atoms with E-state index in [9.17, 15) is 9.90 Å². The number of aromatic nitrogens is 1. The number of hydrogen-bond acceptors (Lipinski definition) is 4. The van der Waals surface area contributed by atoms with Crippen molar-refractivity contribution >= 4 is 11.8 Å². The number of rotatable bonds is 3. The zero-order valence-electron chi connectivity index (χ0n) is 11.9. The lowest BCUT2D eigenvalue weighted by atomic mass is 10.1. The van der Waals surface area contributed by atoms with Crippen molar-refractivity contribution in [2.75, 3.05) is 32.1 Å². The molecule has 2 unspecified atom stereocenters. The average molecular weight is 263 g/mol. The molecule has 0 aromatic carbocycles. The third-order valence-electron chi connectivity index (χ3n) is 3.78. The molecule has 1 aromatic heterocycles. The first kappa shape index (κ1) is 13.8. The molecule has 1 aliphatic heterocycles. The highest BCUT2D eigenvalue weighted by Gasteiger charge is 2.33. The summed E-state index contributed by atoms with van der Waals surface area (Å²) in [5.74, 6) is 0.186. The quantitative estimate of drug-likeness (QED) is 0.895. The Kier molecular flexibility index (Phi) is 3.75. The van der Waals surface area contributed by atoms with Crippen molar-refractivity contribution in [1.82, 2.24) is 9.88 Å². The van der Waals surface area contributed by atoms with E-state index in [1.807, 2.05) is 6.92 Å². The minimum absolute atomic E-state index is 0.289. The van der Waals surface area contributed by atoms with Crippen LogP contribution in [0, 0.1) is 12.8 Å². The molecule has 1 aromatic rings. The van der Waals surface area contributed by atoms with Crippen LogP contribution in [0.1, 0.15) is 23.0 Å². The van der Waals surface area contributed by atoms with Crippen LogP contribution in [-0.4, -0.2) is 54.2 Å². The van der Waals surface area contributed by atoms with Gasteiger partial charge in [0.2, 0.25) is 0 Å². The van der Waals surface area contributed by atoms with Crippen LogP contribution in [0.15, 0.2) is 12.1 Å². The zero-order valence-corrected chi connectivity index (χ0v) is 11.9. The van der Waals surface area contributed by atoms with E-state index < -0.39 is 5.97 Å². The van der Waals surface area contributed by atoms with E-state index in [2.05, 4.69) is 35.8 Å². The predicted molar refractivity (Wildman–Crippen MR) is 74.8 cm³/mol. The van der Waals surface area contributed by atoms with Crippen LogP contribution >= 0.6 is 0 Å². The molecule has 0 radical (unpaired) electrons. The Morgan fingerprint density at radius 1 is 1.42 bits per heavy atom. The Morgan fingerprint density at radius 2 is 2.11 bits per heavy atom. The van der Waals surface area contributed by atoms with Crippen LogP contribution < -0.4 is 4.90 Å². The fourth-order valence-electron chi connectivity index (χ4n) is 2.75. The molecule has 1 N–H and O–H groups in total. The fourth-order valence-corrected chi connectivity index (χ4v) is 2.75. The molecule has 104 valence electrons. The van der Waals surface area contributed by atoms with Crippen molar-refractivity contribution in [2.45, 2.75) is 19.9 Å². The minimum Gasteiger partial charge on any atom is -0.478 e. The number of carbonyl (C=O) groups is 1. The Hall–Kier alpha value is -1.62. The predicted octanol–water partition coefficient (Wildman–Crippen LogP) is 1.47. The highest BCUT2D eigenvalue weighted by Crippen LogP contribution is 2.27. The van der Waals surface area contributed by atoms with E-state index in [0.29, 0.717) is 17.8 Å². The molecular formula is C14H21N3O2. The summed E-state index contributed by atoms with van der Waals surface area (Å²) in [6, 6.07) is 3.83. The molecule has 2 heterocycles. The Bertz CT molecular complexity index is 488. The number of aromatic carboxylic acids is 1. The molecular weight excluding hydrogens is 242 g/mol. The van der Waals surface area contributed by atoms with Gasteiger partial charge in [-0.1, -0.05) is 6.92 Å². The van der Waals surface area contributed by atoms with Gasteiger partial charge in [-0.25, -0.2) is 9.78 Å². The van der Waals surface area contributed by atoms with Crippen molar-refractivity contribution in [3.63, 3.8) is 0 Å². The summed E-state index contributed by atoms with van der Waals surface area (Å²) in [4.78, 5) is 20.0. The van der Waals surface area contributed by atoms with Gasteiger partial charge in [-0.05, 0) is 39.1 Å². The fraction of sp³-hybridized carbons (Fsp3) is 0.571. The molecule has 0 amide bonds. The van der Waals surface area contributed by atoms with E-state index in [0.717, 1.165) is 18.8 Å². The third kappa shape index (κ3) is 2.71. The zero-order chi connectivity index (χ0) is 14.2. The number of pyridine rings is 1. The van der Waals surface area contributed by atoms with E-state index in [1.54, 1.807) is 12.1 Å². The summed E-state index contributed by atoms with van der Waals surface area (Å²) in [5, 5.41) is 9.28. The lowest BCUT2D eigenvalue weighted by Gasteiger charge is -2.23. The van der Waals surface area contributed by atoms with Crippen molar-refractivity contribution < 1.29 is 9.90 Å². The van der Waals surface area contributed by atoms with Gasteiger partial charge in [0, 0.05) is 24.8 Å². The number of carboxylic acid groups (broad SMARTS) is 1. The van der Waals surface area contributed by atoms with Gasteiger partial charge in [-0.15, -0.1) is 0 Å². The smallest absolute Gasteiger partial charge is 0.339 e. The van der Waals surface area contributed by atoms with Crippen molar-refractivity contribution in [1.29, 1.82) is 0 Å². The van der Waals surface area contributed by atoms with Gasteiger partial charge in [0.05, 0.1) is 0 Å². The molecule has 0 saturated carbocycles. The lowest BCUT2D eigenvalue weighted by molar-refractivity contribution is 0.0697. The summed E-state index contributed by atoms with van der Waals surface area (Å²) in [6.45, 7) is 5.75. The SMILES string of the molecule is Cc1ccc(C(=O)O)c(N2CC(C)C(N(C)C)C2)n1. The molecule has 5 heteroatoms. The Labute approximate surface area is 113 Å². The normalized spacial score (nSPS) is 23.1. The highest BCUT2D eigenvalue weighted by molar-refractivity contribution is 5.93. The molecule has 0 spiro atoms. The number of anilines is 1. The average Bonchev–Trinajstić information content (AvgIpc) is 2.70. The van der Waals surface area contributed by atoms with E-state index >= 15 is 0 Å². The van der Waals surface area contributed by atoms with Crippen molar-refractivity contribution in [3.8, 4) is 0 Å². The summed E-state index contributed by atoms with van der Waals surface area (Å²) in [6.07, 6.45) is 0. The lowest BCUT2D eigenvalue weighted by Crippen LogP contribution is -2.34. The molecule has 1 fully saturated rings. The number of likely N-dealkylation sites (N-methyl/N-ethyl adjacent to an activating group) is 1. The second-order valence-corrected chi connectivity index (χ2v) is 5.54. The summed E-state index contributed by atoms with van der Waals surface area (Å²) >= 11 is 0. The topological polar surface area (TPSA) is 56.7 Å². The summed E-state index contributed by atoms with van der Waals surface area (Å²) < 4.78 is 0. The number of hydrogen-bond donors (Lipinski definition) is 1. The van der Waals surface area contributed by atoms with Crippen molar-refractivity contribution in [2.24, 2.45) is 5.92 Å². The Morgan fingerprint density at radius 3 is 2.63 bits per heavy atom. The molecule has 0 bridgehead atoms. The number of nitrogens with zero attached hydrogens (tertiary/aromatic N) is 3. The first-order valence-electron chi connectivity index (χ1n) is 6.52. The molecule has 2 rings (SSSR count). The van der Waals surface area contributed by atoms with Gasteiger partial charge >= 0.3 is 5.97 Å². The summed E-state index contributed by atoms with van der Waals surface area (Å²) in [7, 11) is 4.12. The molecule has 1 aliphatic rings. The van der Waals surface area contributed by atoms with Gasteiger partial charge in [-0.3, -0.25) is 0 Å². The standard InChI is InChI=1S/C14H21N3O2/c1-9-7-17(8-12(9)16(3)4)13-11(14(18)19)6-5-10(2)15-13/h5-6,9,12H,7-8H2,1-4H3,(H,18,19). The largest absolute Gasteiger partial charge is 0.478 e. The summed E-state index contributed by atoms with van der Waals surface area (Å²) in [5.41, 5.74) is 1.14. The maximum Gasteiger partial charge on any atom is 0.339 e. The van der Waals surface area contributed by atoms with Gasteiger partial charge in [0.25, 0.3) is 0 Å². The maximum absolute atomic E-state index is 11.3. The second-order valence-electron chi connectivity index (χ2n) is 5.54. The van der Waals surface area contributed by atoms with E-state index in [4.69, 9.17) is 0 Å². The van der Waals surface area contributed by atoms with E-state index in [-0.39, 0.29) is 5.56 Å². The Balaban J connectivity index is 2.33. The number of carboxylic acids is 1. The molecule has 1 saturated heterocycles. The van der Waals surface area contributed by atoms with Gasteiger partial charge in [0.15, 0.2) is 0 Å². The van der Waals surface area contributed by atoms with Crippen LogP contribution in [-0.2, 0) is 0 Å². The first-order chi connectivity index (χ1) is 8.90. The first-order valence-corrected chi connectivity index (χ1v) is 6.52. The molecule has 5 nitrogen and oxygen atoms in total. The maximum atomic E-state index is 11.3.